The van der Waals surface area contributed by atoms with E-state index in [4.69, 9.17) is 9.47 Å². The topological polar surface area (TPSA) is 38.7 Å². The Labute approximate surface area is 124 Å². The van der Waals surface area contributed by atoms with Gasteiger partial charge in [0.15, 0.2) is 0 Å². The normalized spacial score (nSPS) is 27.6. The van der Waals surface area contributed by atoms with Crippen LogP contribution in [0.25, 0.3) is 0 Å². The highest BCUT2D eigenvalue weighted by Gasteiger charge is 2.41. The minimum Gasteiger partial charge on any atom is -0.387 e. The van der Waals surface area contributed by atoms with E-state index in [-0.39, 0.29) is 11.7 Å². The molecule has 2 aliphatic heterocycles. The molecule has 0 aromatic carbocycles. The minimum absolute atomic E-state index is 0.0359. The molecule has 2 atom stereocenters. The number of hydrogen-bond donors (Lipinski definition) is 1. The average molecular weight is 296 g/mol. The molecule has 0 aliphatic carbocycles. The molecule has 4 heteroatoms. The molecule has 1 aromatic rings. The van der Waals surface area contributed by atoms with E-state index in [9.17, 15) is 5.11 Å². The summed E-state index contributed by atoms with van der Waals surface area (Å²) >= 11 is 1.70. The summed E-state index contributed by atoms with van der Waals surface area (Å²) in [5, 5.41) is 12.9. The Balaban J connectivity index is 1.73. The first-order valence-corrected chi connectivity index (χ1v) is 8.58. The molecular formula is C16H24O3S. The van der Waals surface area contributed by atoms with Crippen LogP contribution in [-0.2, 0) is 15.9 Å². The number of thiophene rings is 1. The molecule has 0 radical (unpaired) electrons. The number of aliphatic hydroxyl groups excluding tert-OH is 1. The second kappa shape index (κ2) is 6.14. The summed E-state index contributed by atoms with van der Waals surface area (Å²) in [6.07, 6.45) is 4.55. The Morgan fingerprint density at radius 1 is 1.40 bits per heavy atom. The molecule has 1 spiro atoms. The van der Waals surface area contributed by atoms with Gasteiger partial charge in [-0.2, -0.15) is 0 Å². The van der Waals surface area contributed by atoms with E-state index in [0.717, 1.165) is 51.9 Å². The van der Waals surface area contributed by atoms with Crippen molar-refractivity contribution in [2.45, 2.75) is 50.7 Å². The van der Waals surface area contributed by atoms with Crippen LogP contribution < -0.4 is 0 Å². The van der Waals surface area contributed by atoms with E-state index in [1.54, 1.807) is 11.3 Å². The third-order valence-corrected chi connectivity index (χ3v) is 5.84. The van der Waals surface area contributed by atoms with Gasteiger partial charge in [0.2, 0.25) is 0 Å². The lowest BCUT2D eigenvalue weighted by molar-refractivity contribution is -0.158. The van der Waals surface area contributed by atoms with Crippen molar-refractivity contribution in [2.75, 3.05) is 19.8 Å². The molecule has 20 heavy (non-hydrogen) atoms. The van der Waals surface area contributed by atoms with Crippen LogP contribution in [0.3, 0.4) is 0 Å². The fourth-order valence-electron chi connectivity index (χ4n) is 3.54. The highest BCUT2D eigenvalue weighted by Crippen LogP contribution is 2.43. The third-order valence-electron chi connectivity index (χ3n) is 4.81. The molecule has 1 aromatic heterocycles. The van der Waals surface area contributed by atoms with Crippen molar-refractivity contribution < 1.29 is 14.6 Å². The maximum atomic E-state index is 10.8. The van der Waals surface area contributed by atoms with Crippen LogP contribution in [0.5, 0.6) is 0 Å². The monoisotopic (exact) mass is 296 g/mol. The first-order chi connectivity index (χ1) is 9.74. The molecule has 2 fully saturated rings. The Hall–Kier alpha value is -0.420. The summed E-state index contributed by atoms with van der Waals surface area (Å²) in [7, 11) is 0. The SMILES string of the molecule is CCc1ccsc1C(O)C1CCOC2(CCOCC2)C1. The van der Waals surface area contributed by atoms with Crippen molar-refractivity contribution in [3.63, 3.8) is 0 Å². The lowest BCUT2D eigenvalue weighted by atomic mass is 9.78. The molecule has 1 N–H and O–H groups in total. The summed E-state index contributed by atoms with van der Waals surface area (Å²) in [5.41, 5.74) is 1.27. The average Bonchev–Trinajstić information content (AvgIpc) is 2.96. The van der Waals surface area contributed by atoms with Crippen LogP contribution in [0.4, 0.5) is 0 Å². The van der Waals surface area contributed by atoms with Crippen LogP contribution in [0, 0.1) is 5.92 Å². The van der Waals surface area contributed by atoms with E-state index in [2.05, 4.69) is 18.4 Å². The van der Waals surface area contributed by atoms with Crippen LogP contribution in [-0.4, -0.2) is 30.5 Å². The molecule has 3 heterocycles. The molecule has 0 bridgehead atoms. The fraction of sp³-hybridized carbons (Fsp3) is 0.750. The quantitative estimate of drug-likeness (QED) is 0.930. The Morgan fingerprint density at radius 2 is 2.20 bits per heavy atom. The van der Waals surface area contributed by atoms with Crippen LogP contribution >= 0.6 is 11.3 Å². The predicted octanol–water partition coefficient (Wildman–Crippen LogP) is 3.32. The van der Waals surface area contributed by atoms with Gasteiger partial charge in [-0.25, -0.2) is 0 Å². The standard InChI is InChI=1S/C16H24O3S/c1-2-12-4-10-20-15(12)14(17)13-3-7-19-16(11-13)5-8-18-9-6-16/h4,10,13-14,17H,2-3,5-9,11H2,1H3. The zero-order valence-corrected chi connectivity index (χ0v) is 13.0. The molecule has 2 saturated heterocycles. The number of aliphatic hydroxyl groups is 1. The number of rotatable bonds is 3. The lowest BCUT2D eigenvalue weighted by Crippen LogP contribution is -2.45. The van der Waals surface area contributed by atoms with Gasteiger partial charge in [0.1, 0.15) is 0 Å². The van der Waals surface area contributed by atoms with Gasteiger partial charge in [0.25, 0.3) is 0 Å². The van der Waals surface area contributed by atoms with Gasteiger partial charge in [0, 0.05) is 24.7 Å². The molecule has 112 valence electrons. The van der Waals surface area contributed by atoms with E-state index >= 15 is 0 Å². The fourth-order valence-corrected chi connectivity index (χ4v) is 4.61. The van der Waals surface area contributed by atoms with Crippen molar-refractivity contribution in [1.82, 2.24) is 0 Å². The van der Waals surface area contributed by atoms with Gasteiger partial charge in [0.05, 0.1) is 11.7 Å². The van der Waals surface area contributed by atoms with Gasteiger partial charge >= 0.3 is 0 Å². The van der Waals surface area contributed by atoms with Crippen LogP contribution in [0.2, 0.25) is 0 Å². The lowest BCUT2D eigenvalue weighted by Gasteiger charge is -2.44. The maximum absolute atomic E-state index is 10.8. The molecule has 3 rings (SSSR count). The third kappa shape index (κ3) is 2.80. The predicted molar refractivity (Wildman–Crippen MR) is 80.1 cm³/mol. The molecule has 0 amide bonds. The maximum Gasteiger partial charge on any atom is 0.0914 e. The Morgan fingerprint density at radius 3 is 2.95 bits per heavy atom. The summed E-state index contributed by atoms with van der Waals surface area (Å²) in [5.74, 6) is 0.325. The van der Waals surface area contributed by atoms with Crippen molar-refractivity contribution in [2.24, 2.45) is 5.92 Å². The highest BCUT2D eigenvalue weighted by atomic mass is 32.1. The first kappa shape index (κ1) is 14.5. The van der Waals surface area contributed by atoms with Gasteiger partial charge < -0.3 is 14.6 Å². The van der Waals surface area contributed by atoms with E-state index in [1.807, 2.05) is 0 Å². The van der Waals surface area contributed by atoms with E-state index < -0.39 is 0 Å². The number of ether oxygens (including phenoxy) is 2. The Bertz CT molecular complexity index is 431. The summed E-state index contributed by atoms with van der Waals surface area (Å²) in [4.78, 5) is 1.17. The van der Waals surface area contributed by atoms with Crippen molar-refractivity contribution in [3.05, 3.63) is 21.9 Å². The summed E-state index contributed by atoms with van der Waals surface area (Å²) in [6, 6.07) is 2.15. The highest BCUT2D eigenvalue weighted by molar-refractivity contribution is 7.10. The minimum atomic E-state index is -0.325. The second-order valence-electron chi connectivity index (χ2n) is 6.01. The Kier molecular flexibility index (Phi) is 4.46. The molecule has 0 saturated carbocycles. The molecule has 2 unspecified atom stereocenters. The first-order valence-electron chi connectivity index (χ1n) is 7.70. The smallest absolute Gasteiger partial charge is 0.0914 e. The largest absolute Gasteiger partial charge is 0.387 e. The van der Waals surface area contributed by atoms with Crippen molar-refractivity contribution in [3.8, 4) is 0 Å². The zero-order valence-electron chi connectivity index (χ0n) is 12.1. The van der Waals surface area contributed by atoms with Gasteiger partial charge in [-0.05, 0) is 55.0 Å². The van der Waals surface area contributed by atoms with Gasteiger partial charge in [-0.3, -0.25) is 0 Å². The number of hydrogen-bond acceptors (Lipinski definition) is 4. The van der Waals surface area contributed by atoms with Crippen LogP contribution in [0.1, 0.15) is 49.2 Å². The molecular weight excluding hydrogens is 272 g/mol. The van der Waals surface area contributed by atoms with E-state index in [0.29, 0.717) is 5.92 Å². The summed E-state index contributed by atoms with van der Waals surface area (Å²) in [6.45, 7) is 4.51. The number of aryl methyl sites for hydroxylation is 1. The summed E-state index contributed by atoms with van der Waals surface area (Å²) < 4.78 is 11.5. The second-order valence-corrected chi connectivity index (χ2v) is 6.95. The molecule has 2 aliphatic rings. The van der Waals surface area contributed by atoms with E-state index in [1.165, 1.54) is 10.4 Å². The van der Waals surface area contributed by atoms with Crippen molar-refractivity contribution in [1.29, 1.82) is 0 Å². The molecule has 3 nitrogen and oxygen atoms in total. The van der Waals surface area contributed by atoms with Gasteiger partial charge in [-0.1, -0.05) is 6.92 Å². The zero-order chi connectivity index (χ0) is 14.0. The van der Waals surface area contributed by atoms with Crippen molar-refractivity contribution >= 4 is 11.3 Å². The van der Waals surface area contributed by atoms with Gasteiger partial charge in [-0.15, -0.1) is 11.3 Å². The van der Waals surface area contributed by atoms with Crippen LogP contribution in [0.15, 0.2) is 11.4 Å².